The number of benzene rings is 1. The Morgan fingerprint density at radius 2 is 1.81 bits per heavy atom. The van der Waals surface area contributed by atoms with Gasteiger partial charge < -0.3 is 15.5 Å². The first-order valence-electron chi connectivity index (χ1n) is 9.26. The SMILES string of the molecule is C#CCNC(=NCCCN1CCN(Cc2ccccc2)CC1)NCC.I. The minimum Gasteiger partial charge on any atom is -0.357 e. The highest BCUT2D eigenvalue weighted by atomic mass is 127. The normalized spacial score (nSPS) is 15.8. The van der Waals surface area contributed by atoms with Crippen molar-refractivity contribution >= 4 is 29.9 Å². The molecule has 0 spiro atoms. The fourth-order valence-corrected chi connectivity index (χ4v) is 2.97. The quantitative estimate of drug-likeness (QED) is 0.201. The molecule has 0 radical (unpaired) electrons. The van der Waals surface area contributed by atoms with E-state index in [9.17, 15) is 0 Å². The maximum absolute atomic E-state index is 5.28. The summed E-state index contributed by atoms with van der Waals surface area (Å²) in [6.45, 7) is 11.0. The van der Waals surface area contributed by atoms with E-state index < -0.39 is 0 Å². The number of hydrogen-bond acceptors (Lipinski definition) is 3. The zero-order valence-corrected chi connectivity index (χ0v) is 18.1. The fourth-order valence-electron chi connectivity index (χ4n) is 2.97. The van der Waals surface area contributed by atoms with Crippen LogP contribution in [0.25, 0.3) is 0 Å². The van der Waals surface area contributed by atoms with Gasteiger partial charge in [-0.25, -0.2) is 0 Å². The standard InChI is InChI=1S/C20H31N5.HI/c1-3-11-22-20(21-4-2)23-12-8-13-24-14-16-25(17-15-24)18-19-9-6-5-7-10-19;/h1,5-7,9-10H,4,8,11-18H2,2H3,(H2,21,22,23);1H. The molecular formula is C20H32IN5. The van der Waals surface area contributed by atoms with E-state index in [-0.39, 0.29) is 24.0 Å². The van der Waals surface area contributed by atoms with Crippen molar-refractivity contribution in [2.24, 2.45) is 4.99 Å². The molecule has 2 rings (SSSR count). The monoisotopic (exact) mass is 469 g/mol. The van der Waals surface area contributed by atoms with Crippen LogP contribution in [0.3, 0.4) is 0 Å². The number of hydrogen-bond donors (Lipinski definition) is 2. The van der Waals surface area contributed by atoms with Crippen molar-refractivity contribution in [3.63, 3.8) is 0 Å². The van der Waals surface area contributed by atoms with E-state index in [4.69, 9.17) is 6.42 Å². The van der Waals surface area contributed by atoms with E-state index in [0.29, 0.717) is 6.54 Å². The Kier molecular flexibility index (Phi) is 12.1. The predicted octanol–water partition coefficient (Wildman–Crippen LogP) is 2.00. The Hall–Kier alpha value is -1.30. The topological polar surface area (TPSA) is 42.9 Å². The molecule has 1 aromatic carbocycles. The lowest BCUT2D eigenvalue weighted by Crippen LogP contribution is -2.46. The second kappa shape index (κ2) is 13.8. The third-order valence-electron chi connectivity index (χ3n) is 4.32. The maximum atomic E-state index is 5.28. The molecule has 26 heavy (non-hydrogen) atoms. The Morgan fingerprint density at radius 3 is 2.46 bits per heavy atom. The summed E-state index contributed by atoms with van der Waals surface area (Å²) in [5.74, 6) is 3.39. The van der Waals surface area contributed by atoms with E-state index >= 15 is 0 Å². The summed E-state index contributed by atoms with van der Waals surface area (Å²) in [7, 11) is 0. The fraction of sp³-hybridized carbons (Fsp3) is 0.550. The van der Waals surface area contributed by atoms with Gasteiger partial charge in [0.2, 0.25) is 0 Å². The number of terminal acetylenes is 1. The number of guanidine groups is 1. The van der Waals surface area contributed by atoms with Gasteiger partial charge in [0.25, 0.3) is 0 Å². The summed E-state index contributed by atoms with van der Waals surface area (Å²) in [5.41, 5.74) is 1.40. The Labute approximate surface area is 175 Å². The van der Waals surface area contributed by atoms with Crippen LogP contribution in [0.5, 0.6) is 0 Å². The van der Waals surface area contributed by atoms with Gasteiger partial charge in [-0.2, -0.15) is 0 Å². The summed E-state index contributed by atoms with van der Waals surface area (Å²) in [6.07, 6.45) is 6.35. The summed E-state index contributed by atoms with van der Waals surface area (Å²) >= 11 is 0. The van der Waals surface area contributed by atoms with E-state index in [1.54, 1.807) is 0 Å². The van der Waals surface area contributed by atoms with Crippen molar-refractivity contribution in [3.8, 4) is 12.3 Å². The molecule has 0 aromatic heterocycles. The third-order valence-corrected chi connectivity index (χ3v) is 4.32. The number of nitrogens with one attached hydrogen (secondary N) is 2. The Bertz CT molecular complexity index is 547. The van der Waals surface area contributed by atoms with Gasteiger partial charge in [-0.1, -0.05) is 36.3 Å². The van der Waals surface area contributed by atoms with Gasteiger partial charge in [-0.15, -0.1) is 30.4 Å². The molecule has 1 aliphatic rings. The average molecular weight is 469 g/mol. The first kappa shape index (κ1) is 22.7. The van der Waals surface area contributed by atoms with Crippen molar-refractivity contribution < 1.29 is 0 Å². The van der Waals surface area contributed by atoms with Crippen LogP contribution in [0.1, 0.15) is 18.9 Å². The second-order valence-corrected chi connectivity index (χ2v) is 6.28. The largest absolute Gasteiger partial charge is 0.357 e. The molecule has 1 saturated heterocycles. The number of piperazine rings is 1. The van der Waals surface area contributed by atoms with E-state index in [1.165, 1.54) is 5.56 Å². The van der Waals surface area contributed by atoms with Crippen LogP contribution in [0, 0.1) is 12.3 Å². The Balaban J connectivity index is 0.00000338. The minimum atomic E-state index is 0. The molecule has 5 nitrogen and oxygen atoms in total. The number of halogens is 1. The van der Waals surface area contributed by atoms with Crippen molar-refractivity contribution in [3.05, 3.63) is 35.9 Å². The van der Waals surface area contributed by atoms with Crippen LogP contribution in [0.4, 0.5) is 0 Å². The zero-order chi connectivity index (χ0) is 17.7. The summed E-state index contributed by atoms with van der Waals surface area (Å²) in [4.78, 5) is 9.65. The molecule has 144 valence electrons. The third kappa shape index (κ3) is 8.88. The van der Waals surface area contributed by atoms with Gasteiger partial charge in [0.05, 0.1) is 6.54 Å². The second-order valence-electron chi connectivity index (χ2n) is 6.28. The van der Waals surface area contributed by atoms with Crippen LogP contribution >= 0.6 is 24.0 Å². The molecule has 2 N–H and O–H groups in total. The minimum absolute atomic E-state index is 0. The lowest BCUT2D eigenvalue weighted by Gasteiger charge is -2.34. The highest BCUT2D eigenvalue weighted by Gasteiger charge is 2.16. The average Bonchev–Trinajstić information content (AvgIpc) is 2.65. The molecule has 1 fully saturated rings. The molecule has 1 heterocycles. The van der Waals surface area contributed by atoms with Crippen molar-refractivity contribution in [2.75, 3.05) is 52.4 Å². The van der Waals surface area contributed by atoms with Crippen LogP contribution in [0.15, 0.2) is 35.3 Å². The molecule has 0 amide bonds. The maximum Gasteiger partial charge on any atom is 0.192 e. The van der Waals surface area contributed by atoms with Gasteiger partial charge in [0.15, 0.2) is 5.96 Å². The van der Waals surface area contributed by atoms with Gasteiger partial charge in [-0.3, -0.25) is 9.89 Å². The van der Waals surface area contributed by atoms with Crippen molar-refractivity contribution in [2.45, 2.75) is 19.9 Å². The summed E-state index contributed by atoms with van der Waals surface area (Å²) in [5, 5.41) is 6.33. The van der Waals surface area contributed by atoms with Crippen molar-refractivity contribution in [1.82, 2.24) is 20.4 Å². The van der Waals surface area contributed by atoms with Gasteiger partial charge in [0, 0.05) is 52.4 Å². The molecular weight excluding hydrogens is 437 g/mol. The molecule has 0 saturated carbocycles. The molecule has 6 heteroatoms. The lowest BCUT2D eigenvalue weighted by atomic mass is 10.2. The zero-order valence-electron chi connectivity index (χ0n) is 15.8. The lowest BCUT2D eigenvalue weighted by molar-refractivity contribution is 0.127. The van der Waals surface area contributed by atoms with Crippen molar-refractivity contribution in [1.29, 1.82) is 0 Å². The first-order valence-corrected chi connectivity index (χ1v) is 9.26. The summed E-state index contributed by atoms with van der Waals surface area (Å²) < 4.78 is 0. The Morgan fingerprint density at radius 1 is 1.12 bits per heavy atom. The van der Waals surface area contributed by atoms with E-state index in [0.717, 1.165) is 64.7 Å². The van der Waals surface area contributed by atoms with Gasteiger partial charge in [-0.05, 0) is 18.9 Å². The predicted molar refractivity (Wildman–Crippen MR) is 121 cm³/mol. The first-order chi connectivity index (χ1) is 12.3. The van der Waals surface area contributed by atoms with Crippen LogP contribution in [-0.4, -0.2) is 68.1 Å². The number of aliphatic imine (C=N–C) groups is 1. The van der Waals surface area contributed by atoms with Gasteiger partial charge in [0.1, 0.15) is 0 Å². The molecule has 0 aliphatic carbocycles. The molecule has 1 aliphatic heterocycles. The highest BCUT2D eigenvalue weighted by Crippen LogP contribution is 2.08. The van der Waals surface area contributed by atoms with Crippen LogP contribution < -0.4 is 10.6 Å². The van der Waals surface area contributed by atoms with Crippen LogP contribution in [0.2, 0.25) is 0 Å². The van der Waals surface area contributed by atoms with E-state index in [2.05, 4.69) is 68.6 Å². The van der Waals surface area contributed by atoms with E-state index in [1.807, 2.05) is 0 Å². The molecule has 1 aromatic rings. The highest BCUT2D eigenvalue weighted by molar-refractivity contribution is 14.0. The van der Waals surface area contributed by atoms with Gasteiger partial charge >= 0.3 is 0 Å². The molecule has 0 unspecified atom stereocenters. The smallest absolute Gasteiger partial charge is 0.192 e. The number of rotatable bonds is 8. The molecule has 0 bridgehead atoms. The van der Waals surface area contributed by atoms with Crippen LogP contribution in [-0.2, 0) is 6.54 Å². The number of nitrogens with zero attached hydrogens (tertiary/aromatic N) is 3. The molecule has 0 atom stereocenters. The summed E-state index contributed by atoms with van der Waals surface area (Å²) in [6, 6.07) is 10.7.